The van der Waals surface area contributed by atoms with Crippen molar-refractivity contribution in [3.05, 3.63) is 51.2 Å². The molecular formula is C18H18ClNO3S. The summed E-state index contributed by atoms with van der Waals surface area (Å²) in [4.78, 5) is 37.4. The Labute approximate surface area is 149 Å². The summed E-state index contributed by atoms with van der Waals surface area (Å²) in [5, 5.41) is 3.22. The average molecular weight is 364 g/mol. The van der Waals surface area contributed by atoms with Crippen molar-refractivity contribution in [1.82, 2.24) is 0 Å². The molecule has 2 aromatic rings. The van der Waals surface area contributed by atoms with Gasteiger partial charge in [-0.1, -0.05) is 17.7 Å². The minimum Gasteiger partial charge on any atom is -0.326 e. The molecule has 4 nitrogen and oxygen atoms in total. The van der Waals surface area contributed by atoms with Crippen LogP contribution in [0.15, 0.2) is 36.4 Å². The van der Waals surface area contributed by atoms with Crippen LogP contribution in [-0.2, 0) is 9.59 Å². The maximum atomic E-state index is 11.9. The van der Waals surface area contributed by atoms with Crippen molar-refractivity contribution >= 4 is 46.1 Å². The monoisotopic (exact) mass is 363 g/mol. The second-order valence-electron chi connectivity index (χ2n) is 5.43. The molecule has 0 fully saturated rings. The Morgan fingerprint density at radius 3 is 2.46 bits per heavy atom. The van der Waals surface area contributed by atoms with Crippen molar-refractivity contribution in [1.29, 1.82) is 0 Å². The first-order chi connectivity index (χ1) is 11.4. The van der Waals surface area contributed by atoms with E-state index >= 15 is 0 Å². The number of carbonyl (C=O) groups excluding carboxylic acids is 3. The number of hydrogen-bond donors (Lipinski definition) is 1. The van der Waals surface area contributed by atoms with E-state index in [2.05, 4.69) is 5.32 Å². The fourth-order valence-corrected chi connectivity index (χ4v) is 3.15. The van der Waals surface area contributed by atoms with Crippen LogP contribution in [0.4, 0.5) is 5.69 Å². The predicted molar refractivity (Wildman–Crippen MR) is 96.9 cm³/mol. The molecule has 0 aliphatic heterocycles. The van der Waals surface area contributed by atoms with Gasteiger partial charge in [-0.3, -0.25) is 14.4 Å². The summed E-state index contributed by atoms with van der Waals surface area (Å²) in [6.45, 7) is 1.94. The zero-order valence-corrected chi connectivity index (χ0v) is 14.9. The van der Waals surface area contributed by atoms with Crippen molar-refractivity contribution in [2.45, 2.75) is 32.6 Å². The van der Waals surface area contributed by atoms with Crippen LogP contribution < -0.4 is 5.32 Å². The standard InChI is InChI=1S/C18H18ClNO3S/c1-12-5-9-17(24-12)16(22)8-6-15(21)7-10-18(23)20-14-4-2-3-13(19)11-14/h2-5,9,11H,6-8,10H2,1H3,(H,20,23). The Morgan fingerprint density at radius 1 is 1.04 bits per heavy atom. The molecule has 6 heteroatoms. The lowest BCUT2D eigenvalue weighted by molar-refractivity contribution is -0.122. The summed E-state index contributed by atoms with van der Waals surface area (Å²) in [7, 11) is 0. The van der Waals surface area contributed by atoms with E-state index in [9.17, 15) is 14.4 Å². The highest BCUT2D eigenvalue weighted by atomic mass is 35.5. The van der Waals surface area contributed by atoms with Crippen LogP contribution in [0.3, 0.4) is 0 Å². The third-order valence-corrected chi connectivity index (χ3v) is 4.66. The molecule has 0 saturated heterocycles. The maximum Gasteiger partial charge on any atom is 0.224 e. The Morgan fingerprint density at radius 2 is 1.79 bits per heavy atom. The van der Waals surface area contributed by atoms with Gasteiger partial charge in [0.25, 0.3) is 0 Å². The number of ketones is 2. The first-order valence-electron chi connectivity index (χ1n) is 7.61. The first kappa shape index (κ1) is 18.4. The highest BCUT2D eigenvalue weighted by molar-refractivity contribution is 7.14. The Kier molecular flexibility index (Phi) is 6.70. The zero-order chi connectivity index (χ0) is 17.5. The van der Waals surface area contributed by atoms with Crippen LogP contribution in [0.5, 0.6) is 0 Å². The second kappa shape index (κ2) is 8.76. The van der Waals surface area contributed by atoms with Crippen molar-refractivity contribution in [2.75, 3.05) is 5.32 Å². The van der Waals surface area contributed by atoms with E-state index in [-0.39, 0.29) is 43.2 Å². The normalized spacial score (nSPS) is 10.4. The van der Waals surface area contributed by atoms with Crippen molar-refractivity contribution < 1.29 is 14.4 Å². The van der Waals surface area contributed by atoms with E-state index in [1.165, 1.54) is 11.3 Å². The number of Topliss-reactive ketones (excluding diaryl/α,β-unsaturated/α-hetero) is 2. The fourth-order valence-electron chi connectivity index (χ4n) is 2.13. The summed E-state index contributed by atoms with van der Waals surface area (Å²) < 4.78 is 0. The van der Waals surface area contributed by atoms with E-state index in [1.807, 2.05) is 13.0 Å². The molecule has 0 bridgehead atoms. The molecule has 0 unspecified atom stereocenters. The third-order valence-electron chi connectivity index (χ3n) is 3.39. The minimum atomic E-state index is -0.245. The molecule has 1 heterocycles. The molecule has 0 saturated carbocycles. The van der Waals surface area contributed by atoms with Crippen LogP contribution in [0.2, 0.25) is 5.02 Å². The lowest BCUT2D eigenvalue weighted by Gasteiger charge is -2.05. The molecule has 0 radical (unpaired) electrons. The Bertz CT molecular complexity index is 754. The van der Waals surface area contributed by atoms with Gasteiger partial charge in [0, 0.05) is 41.3 Å². The van der Waals surface area contributed by atoms with Gasteiger partial charge in [0.2, 0.25) is 5.91 Å². The second-order valence-corrected chi connectivity index (χ2v) is 7.16. The lowest BCUT2D eigenvalue weighted by atomic mass is 10.1. The van der Waals surface area contributed by atoms with E-state index in [1.54, 1.807) is 30.3 Å². The minimum absolute atomic E-state index is 0.0233. The van der Waals surface area contributed by atoms with Crippen LogP contribution >= 0.6 is 22.9 Å². The number of benzene rings is 1. The first-order valence-corrected chi connectivity index (χ1v) is 8.80. The van der Waals surface area contributed by atoms with Gasteiger partial charge in [-0.15, -0.1) is 11.3 Å². The van der Waals surface area contributed by atoms with Crippen LogP contribution in [0.1, 0.15) is 40.2 Å². The van der Waals surface area contributed by atoms with Gasteiger partial charge in [-0.2, -0.15) is 0 Å². The molecule has 126 valence electrons. The van der Waals surface area contributed by atoms with Gasteiger partial charge < -0.3 is 5.32 Å². The van der Waals surface area contributed by atoms with E-state index in [4.69, 9.17) is 11.6 Å². The molecule has 0 atom stereocenters. The highest BCUT2D eigenvalue weighted by Crippen LogP contribution is 2.18. The molecule has 24 heavy (non-hydrogen) atoms. The topological polar surface area (TPSA) is 63.2 Å². The number of amides is 1. The third kappa shape index (κ3) is 5.91. The number of aryl methyl sites for hydroxylation is 1. The summed E-state index contributed by atoms with van der Waals surface area (Å²) in [5.74, 6) is -0.353. The SMILES string of the molecule is Cc1ccc(C(=O)CCC(=O)CCC(=O)Nc2cccc(Cl)c2)s1. The maximum absolute atomic E-state index is 11.9. The van der Waals surface area contributed by atoms with Crippen molar-refractivity contribution in [3.8, 4) is 0 Å². The highest BCUT2D eigenvalue weighted by Gasteiger charge is 2.12. The smallest absolute Gasteiger partial charge is 0.224 e. The largest absolute Gasteiger partial charge is 0.326 e. The molecule has 1 amide bonds. The quantitative estimate of drug-likeness (QED) is 0.693. The molecule has 1 aromatic heterocycles. The van der Waals surface area contributed by atoms with Crippen molar-refractivity contribution in [3.63, 3.8) is 0 Å². The van der Waals surface area contributed by atoms with Gasteiger partial charge in [-0.25, -0.2) is 0 Å². The van der Waals surface area contributed by atoms with Crippen LogP contribution in [-0.4, -0.2) is 17.5 Å². The number of halogens is 1. The molecule has 1 aromatic carbocycles. The van der Waals surface area contributed by atoms with E-state index in [0.29, 0.717) is 15.6 Å². The number of carbonyl (C=O) groups is 3. The van der Waals surface area contributed by atoms with Gasteiger partial charge in [-0.05, 0) is 37.3 Å². The Hall–Kier alpha value is -1.98. The molecule has 2 rings (SSSR count). The van der Waals surface area contributed by atoms with Gasteiger partial charge in [0.05, 0.1) is 4.88 Å². The molecule has 0 spiro atoms. The van der Waals surface area contributed by atoms with Crippen molar-refractivity contribution in [2.24, 2.45) is 0 Å². The van der Waals surface area contributed by atoms with E-state index < -0.39 is 0 Å². The number of rotatable bonds is 8. The number of hydrogen-bond acceptors (Lipinski definition) is 4. The summed E-state index contributed by atoms with van der Waals surface area (Å²) in [6, 6.07) is 10.5. The Balaban J connectivity index is 1.71. The lowest BCUT2D eigenvalue weighted by Crippen LogP contribution is -2.13. The predicted octanol–water partition coefficient (Wildman–Crippen LogP) is 4.66. The molecular weight excluding hydrogens is 346 g/mol. The van der Waals surface area contributed by atoms with Gasteiger partial charge in [0.1, 0.15) is 5.78 Å². The summed E-state index contributed by atoms with van der Waals surface area (Å²) in [5.41, 5.74) is 0.600. The molecule has 0 aliphatic carbocycles. The number of nitrogens with one attached hydrogen (secondary N) is 1. The average Bonchev–Trinajstić information content (AvgIpc) is 2.97. The molecule has 0 aliphatic rings. The fraction of sp³-hybridized carbons (Fsp3) is 0.278. The number of anilines is 1. The van der Waals surface area contributed by atoms with Crippen LogP contribution in [0.25, 0.3) is 0 Å². The number of thiophene rings is 1. The van der Waals surface area contributed by atoms with E-state index in [0.717, 1.165) is 4.88 Å². The molecule has 1 N–H and O–H groups in total. The summed E-state index contributed by atoms with van der Waals surface area (Å²) in [6.07, 6.45) is 0.579. The summed E-state index contributed by atoms with van der Waals surface area (Å²) >= 11 is 7.27. The van der Waals surface area contributed by atoms with Crippen LogP contribution in [0, 0.1) is 6.92 Å². The van der Waals surface area contributed by atoms with Gasteiger partial charge in [0.15, 0.2) is 5.78 Å². The van der Waals surface area contributed by atoms with Gasteiger partial charge >= 0.3 is 0 Å². The zero-order valence-electron chi connectivity index (χ0n) is 13.3.